The van der Waals surface area contributed by atoms with Gasteiger partial charge in [-0.3, -0.25) is 0 Å². The fourth-order valence-corrected chi connectivity index (χ4v) is 1.75. The molecule has 1 aromatic heterocycles. The summed E-state index contributed by atoms with van der Waals surface area (Å²) in [4.78, 5) is 3.10. The Labute approximate surface area is 76.8 Å². The van der Waals surface area contributed by atoms with E-state index in [9.17, 15) is 0 Å². The molecule has 0 radical (unpaired) electrons. The largest absolute Gasteiger partial charge is 0.360 e. The summed E-state index contributed by atoms with van der Waals surface area (Å²) in [6.07, 6.45) is 1.76. The van der Waals surface area contributed by atoms with Crippen molar-refractivity contribution < 1.29 is 0 Å². The van der Waals surface area contributed by atoms with Crippen LogP contribution in [0.4, 0.5) is 0 Å². The van der Waals surface area contributed by atoms with E-state index < -0.39 is 0 Å². The molecule has 1 heterocycles. The summed E-state index contributed by atoms with van der Waals surface area (Å²) in [5.41, 5.74) is 4.16. The smallest absolute Gasteiger partial charge is 0.101 e. The molecule has 0 aliphatic heterocycles. The predicted octanol–water partition coefficient (Wildman–Crippen LogP) is 2.66. The van der Waals surface area contributed by atoms with Gasteiger partial charge in [0.15, 0.2) is 0 Å². The van der Waals surface area contributed by atoms with Gasteiger partial charge in [0.25, 0.3) is 0 Å². The van der Waals surface area contributed by atoms with E-state index in [1.54, 1.807) is 6.20 Å². The van der Waals surface area contributed by atoms with Gasteiger partial charge in [0.05, 0.1) is 5.56 Å². The molecule has 13 heavy (non-hydrogen) atoms. The summed E-state index contributed by atoms with van der Waals surface area (Å²) >= 11 is 0. The molecule has 0 amide bonds. The highest BCUT2D eigenvalue weighted by atomic mass is 14.7. The minimum Gasteiger partial charge on any atom is -0.360 e. The Hall–Kier alpha value is -1.75. The van der Waals surface area contributed by atoms with Crippen molar-refractivity contribution in [1.29, 1.82) is 5.26 Å². The lowest BCUT2D eigenvalue weighted by Gasteiger charge is -1.98. The van der Waals surface area contributed by atoms with Crippen LogP contribution in [0.15, 0.2) is 18.3 Å². The maximum atomic E-state index is 8.85. The van der Waals surface area contributed by atoms with Gasteiger partial charge in [-0.2, -0.15) is 5.26 Å². The monoisotopic (exact) mass is 170 g/mol. The lowest BCUT2D eigenvalue weighted by atomic mass is 10.1. The number of nitrogens with one attached hydrogen (secondary N) is 1. The Balaban J connectivity index is 2.92. The van der Waals surface area contributed by atoms with Crippen LogP contribution >= 0.6 is 0 Å². The molecule has 0 saturated heterocycles. The molecule has 0 atom stereocenters. The number of fused-ring (bicyclic) bond motifs is 1. The molecule has 0 saturated carbocycles. The summed E-state index contributed by atoms with van der Waals surface area (Å²) in [6.45, 7) is 4.09. The molecule has 0 aliphatic rings. The zero-order chi connectivity index (χ0) is 9.42. The van der Waals surface area contributed by atoms with Gasteiger partial charge in [-0.25, -0.2) is 0 Å². The zero-order valence-electron chi connectivity index (χ0n) is 7.68. The predicted molar refractivity (Wildman–Crippen MR) is 52.5 cm³/mol. The summed E-state index contributed by atoms with van der Waals surface area (Å²) < 4.78 is 0. The van der Waals surface area contributed by atoms with Crippen molar-refractivity contribution in [3.05, 3.63) is 35.0 Å². The molecular weight excluding hydrogens is 160 g/mol. The summed E-state index contributed by atoms with van der Waals surface area (Å²) in [5, 5.41) is 9.90. The average Bonchev–Trinajstić information content (AvgIpc) is 2.47. The molecule has 64 valence electrons. The first-order valence-corrected chi connectivity index (χ1v) is 4.21. The van der Waals surface area contributed by atoms with E-state index in [4.69, 9.17) is 5.26 Å². The van der Waals surface area contributed by atoms with Gasteiger partial charge in [-0.05, 0) is 31.0 Å². The number of hydrogen-bond donors (Lipinski definition) is 1. The molecule has 0 bridgehead atoms. The van der Waals surface area contributed by atoms with Crippen molar-refractivity contribution in [3.8, 4) is 6.07 Å². The number of rotatable bonds is 0. The number of H-pyrrole nitrogens is 1. The molecule has 0 fully saturated rings. The number of nitriles is 1. The standard InChI is InChI=1S/C11H10N2/c1-7-3-8(2)11-9(5-12)6-13-10(11)4-7/h3-4,6,13H,1-2H3. The topological polar surface area (TPSA) is 39.6 Å². The van der Waals surface area contributed by atoms with Crippen LogP contribution in [0.25, 0.3) is 10.9 Å². The molecule has 0 spiro atoms. The van der Waals surface area contributed by atoms with Crippen LogP contribution < -0.4 is 0 Å². The quantitative estimate of drug-likeness (QED) is 0.648. The molecule has 2 heteroatoms. The number of aromatic amines is 1. The van der Waals surface area contributed by atoms with Gasteiger partial charge in [-0.1, -0.05) is 6.07 Å². The van der Waals surface area contributed by atoms with Gasteiger partial charge < -0.3 is 4.98 Å². The lowest BCUT2D eigenvalue weighted by molar-refractivity contribution is 1.41. The Morgan fingerprint density at radius 2 is 2.08 bits per heavy atom. The molecule has 1 N–H and O–H groups in total. The second-order valence-electron chi connectivity index (χ2n) is 3.32. The van der Waals surface area contributed by atoms with Crippen molar-refractivity contribution in [2.24, 2.45) is 0 Å². The fraction of sp³-hybridized carbons (Fsp3) is 0.182. The van der Waals surface area contributed by atoms with Crippen molar-refractivity contribution in [3.63, 3.8) is 0 Å². The van der Waals surface area contributed by atoms with Crippen LogP contribution in [-0.4, -0.2) is 4.98 Å². The number of benzene rings is 1. The average molecular weight is 170 g/mol. The first-order chi connectivity index (χ1) is 6.22. The van der Waals surface area contributed by atoms with Crippen molar-refractivity contribution >= 4 is 10.9 Å². The van der Waals surface area contributed by atoms with Gasteiger partial charge in [0, 0.05) is 17.1 Å². The number of aryl methyl sites for hydroxylation is 2. The number of aromatic nitrogens is 1. The highest BCUT2D eigenvalue weighted by Gasteiger charge is 2.05. The van der Waals surface area contributed by atoms with Crippen LogP contribution in [-0.2, 0) is 0 Å². The third kappa shape index (κ3) is 1.09. The Kier molecular flexibility index (Phi) is 1.60. The van der Waals surface area contributed by atoms with Crippen LogP contribution in [0.5, 0.6) is 0 Å². The maximum absolute atomic E-state index is 8.85. The molecule has 0 aliphatic carbocycles. The number of hydrogen-bond acceptors (Lipinski definition) is 1. The van der Waals surface area contributed by atoms with Gasteiger partial charge >= 0.3 is 0 Å². The summed E-state index contributed by atoms with van der Waals surface area (Å²) in [6, 6.07) is 6.33. The van der Waals surface area contributed by atoms with Crippen molar-refractivity contribution in [1.82, 2.24) is 4.98 Å². The molecule has 2 rings (SSSR count). The highest BCUT2D eigenvalue weighted by Crippen LogP contribution is 2.22. The molecule has 2 aromatic rings. The van der Waals surface area contributed by atoms with Crippen LogP contribution in [0, 0.1) is 25.2 Å². The van der Waals surface area contributed by atoms with Gasteiger partial charge in [0.1, 0.15) is 6.07 Å². The maximum Gasteiger partial charge on any atom is 0.101 e. The van der Waals surface area contributed by atoms with Crippen molar-refractivity contribution in [2.45, 2.75) is 13.8 Å². The van der Waals surface area contributed by atoms with E-state index in [1.807, 2.05) is 6.92 Å². The molecular formula is C11H10N2. The van der Waals surface area contributed by atoms with Crippen LogP contribution in [0.2, 0.25) is 0 Å². The molecule has 2 nitrogen and oxygen atoms in total. The first-order valence-electron chi connectivity index (χ1n) is 4.21. The van der Waals surface area contributed by atoms with Crippen LogP contribution in [0.3, 0.4) is 0 Å². The third-order valence-corrected chi connectivity index (χ3v) is 2.24. The highest BCUT2D eigenvalue weighted by molar-refractivity contribution is 5.89. The van der Waals surface area contributed by atoms with Gasteiger partial charge in [-0.15, -0.1) is 0 Å². The zero-order valence-corrected chi connectivity index (χ0v) is 7.68. The minimum absolute atomic E-state index is 0.729. The SMILES string of the molecule is Cc1cc(C)c2c(C#N)c[nH]c2c1. The summed E-state index contributed by atoms with van der Waals surface area (Å²) in [7, 11) is 0. The Morgan fingerprint density at radius 1 is 1.31 bits per heavy atom. The second kappa shape index (κ2) is 2.63. The van der Waals surface area contributed by atoms with E-state index >= 15 is 0 Å². The third-order valence-electron chi connectivity index (χ3n) is 2.24. The van der Waals surface area contributed by atoms with Crippen LogP contribution in [0.1, 0.15) is 16.7 Å². The molecule has 0 unspecified atom stereocenters. The van der Waals surface area contributed by atoms with E-state index in [-0.39, 0.29) is 0 Å². The molecule has 1 aromatic carbocycles. The second-order valence-corrected chi connectivity index (χ2v) is 3.32. The van der Waals surface area contributed by atoms with E-state index in [0.717, 1.165) is 22.0 Å². The first kappa shape index (κ1) is 7.88. The Morgan fingerprint density at radius 3 is 2.77 bits per heavy atom. The number of nitrogens with zero attached hydrogens (tertiary/aromatic N) is 1. The normalized spacial score (nSPS) is 10.2. The fourth-order valence-electron chi connectivity index (χ4n) is 1.75. The lowest BCUT2D eigenvalue weighted by Crippen LogP contribution is -1.80. The summed E-state index contributed by atoms with van der Waals surface area (Å²) in [5.74, 6) is 0. The van der Waals surface area contributed by atoms with E-state index in [1.165, 1.54) is 5.56 Å². The Bertz CT molecular complexity index is 501. The van der Waals surface area contributed by atoms with E-state index in [2.05, 4.69) is 30.1 Å². The van der Waals surface area contributed by atoms with Crippen molar-refractivity contribution in [2.75, 3.05) is 0 Å². The van der Waals surface area contributed by atoms with E-state index in [0.29, 0.717) is 0 Å². The van der Waals surface area contributed by atoms with Gasteiger partial charge in [0.2, 0.25) is 0 Å². The minimum atomic E-state index is 0.729.